The first-order valence-corrected chi connectivity index (χ1v) is 8.83. The molecular formula is C19H23N5O4. The van der Waals surface area contributed by atoms with Crippen molar-refractivity contribution in [2.45, 2.75) is 19.9 Å². The van der Waals surface area contributed by atoms with Gasteiger partial charge < -0.3 is 14.6 Å². The minimum Gasteiger partial charge on any atom is -0.497 e. The summed E-state index contributed by atoms with van der Waals surface area (Å²) in [7, 11) is 4.52. The molecular weight excluding hydrogens is 362 g/mol. The third kappa shape index (κ3) is 3.19. The summed E-state index contributed by atoms with van der Waals surface area (Å²) in [6.07, 6.45) is 1.43. The van der Waals surface area contributed by atoms with Gasteiger partial charge in [0.2, 0.25) is 5.91 Å². The molecule has 0 saturated carbocycles. The number of carbonyl (C=O) groups excluding carboxylic acids is 1. The van der Waals surface area contributed by atoms with Crippen molar-refractivity contribution in [2.24, 2.45) is 20.0 Å². The molecule has 0 aliphatic carbocycles. The molecule has 2 aromatic heterocycles. The topological polar surface area (TPSA) is 100 Å². The van der Waals surface area contributed by atoms with Crippen molar-refractivity contribution < 1.29 is 9.53 Å². The smallest absolute Gasteiger partial charge is 0.332 e. The molecule has 0 saturated heterocycles. The first kappa shape index (κ1) is 19.4. The van der Waals surface area contributed by atoms with Crippen molar-refractivity contribution in [3.63, 3.8) is 0 Å². The summed E-state index contributed by atoms with van der Waals surface area (Å²) in [6, 6.07) is 6.29. The lowest BCUT2D eigenvalue weighted by atomic mass is 10.0. The molecule has 0 aliphatic heterocycles. The number of imidazole rings is 1. The third-order valence-corrected chi connectivity index (χ3v) is 4.73. The Morgan fingerprint density at radius 2 is 1.75 bits per heavy atom. The van der Waals surface area contributed by atoms with E-state index in [0.717, 1.165) is 4.57 Å². The molecule has 0 bridgehead atoms. The van der Waals surface area contributed by atoms with Gasteiger partial charge in [-0.2, -0.15) is 0 Å². The Morgan fingerprint density at radius 3 is 2.32 bits per heavy atom. The fraction of sp³-hybridized carbons (Fsp3) is 0.368. The maximum atomic E-state index is 13.0. The van der Waals surface area contributed by atoms with Crippen molar-refractivity contribution in [1.29, 1.82) is 0 Å². The van der Waals surface area contributed by atoms with Gasteiger partial charge >= 0.3 is 5.69 Å². The minimum absolute atomic E-state index is 0.127. The second kappa shape index (κ2) is 7.34. The van der Waals surface area contributed by atoms with E-state index >= 15 is 0 Å². The summed E-state index contributed by atoms with van der Waals surface area (Å²) in [5, 5.41) is 2.87. The number of methoxy groups -OCH3 is 1. The average Bonchev–Trinajstić information content (AvgIpc) is 3.09. The number of amides is 1. The Hall–Kier alpha value is -3.36. The van der Waals surface area contributed by atoms with E-state index in [1.165, 1.54) is 17.9 Å². The molecule has 148 valence electrons. The number of ether oxygens (including phenoxy) is 1. The number of rotatable bonds is 5. The van der Waals surface area contributed by atoms with Crippen LogP contribution in [-0.2, 0) is 18.9 Å². The van der Waals surface area contributed by atoms with Crippen molar-refractivity contribution in [3.8, 4) is 5.75 Å². The van der Waals surface area contributed by atoms with Crippen LogP contribution in [0, 0.1) is 5.92 Å². The van der Waals surface area contributed by atoms with E-state index in [4.69, 9.17) is 4.74 Å². The molecule has 1 atom stereocenters. The van der Waals surface area contributed by atoms with Crippen LogP contribution in [-0.4, -0.2) is 31.7 Å². The number of aryl methyl sites for hydroxylation is 1. The highest BCUT2D eigenvalue weighted by atomic mass is 16.5. The Bertz CT molecular complexity index is 1140. The molecule has 0 radical (unpaired) electrons. The second-order valence-electron chi connectivity index (χ2n) is 6.94. The molecule has 0 fully saturated rings. The first-order chi connectivity index (χ1) is 13.3. The fourth-order valence-corrected chi connectivity index (χ4v) is 3.22. The van der Waals surface area contributed by atoms with Crippen molar-refractivity contribution in [1.82, 2.24) is 18.7 Å². The van der Waals surface area contributed by atoms with E-state index in [-0.39, 0.29) is 23.0 Å². The molecule has 9 nitrogen and oxygen atoms in total. The van der Waals surface area contributed by atoms with E-state index in [1.54, 1.807) is 43.0 Å². The molecule has 0 spiro atoms. The van der Waals surface area contributed by atoms with E-state index < -0.39 is 17.3 Å². The van der Waals surface area contributed by atoms with E-state index in [1.807, 2.05) is 13.8 Å². The minimum atomic E-state index is -0.683. The number of nitrogens with one attached hydrogen (secondary N) is 1. The highest BCUT2D eigenvalue weighted by molar-refractivity contribution is 5.94. The number of benzene rings is 1. The summed E-state index contributed by atoms with van der Waals surface area (Å²) in [5.41, 5.74) is 0.121. The molecule has 3 rings (SSSR count). The number of carbonyl (C=O) groups is 1. The van der Waals surface area contributed by atoms with Gasteiger partial charge in [-0.15, -0.1) is 0 Å². The predicted octanol–water partition coefficient (Wildman–Crippen LogP) is 1.28. The monoisotopic (exact) mass is 385 g/mol. The number of nitrogens with zero attached hydrogens (tertiary/aromatic N) is 4. The van der Waals surface area contributed by atoms with E-state index in [2.05, 4.69) is 10.3 Å². The van der Waals surface area contributed by atoms with E-state index in [9.17, 15) is 14.4 Å². The Morgan fingerprint density at radius 1 is 1.11 bits per heavy atom. The Kier molecular flexibility index (Phi) is 5.08. The molecule has 3 aromatic rings. The molecule has 1 N–H and O–H groups in total. The summed E-state index contributed by atoms with van der Waals surface area (Å²) >= 11 is 0. The quantitative estimate of drug-likeness (QED) is 0.713. The van der Waals surface area contributed by atoms with Gasteiger partial charge in [-0.3, -0.25) is 18.7 Å². The first-order valence-electron chi connectivity index (χ1n) is 8.83. The number of aromatic nitrogens is 4. The SMILES string of the molecule is COc1ccc(NC(=O)C(C(C)C)n2cnc3c2c(=O)n(C)c(=O)n3C)cc1. The van der Waals surface area contributed by atoms with Crippen LogP contribution >= 0.6 is 0 Å². The molecule has 1 aromatic carbocycles. The predicted molar refractivity (Wildman–Crippen MR) is 106 cm³/mol. The zero-order valence-electron chi connectivity index (χ0n) is 16.5. The lowest BCUT2D eigenvalue weighted by molar-refractivity contribution is -0.120. The lowest BCUT2D eigenvalue weighted by Gasteiger charge is -2.22. The maximum Gasteiger partial charge on any atom is 0.332 e. The maximum absolute atomic E-state index is 13.0. The standard InChI is InChI=1S/C19H23N5O4/c1-11(2)14(17(25)21-12-6-8-13(28-5)9-7-12)24-10-20-16-15(24)18(26)23(4)19(27)22(16)3/h6-11,14H,1-5H3,(H,21,25). The van der Waals surface area contributed by atoms with Crippen LogP contribution in [0.2, 0.25) is 0 Å². The molecule has 0 aliphatic rings. The van der Waals surface area contributed by atoms with Gasteiger partial charge in [-0.05, 0) is 30.2 Å². The highest BCUT2D eigenvalue weighted by Gasteiger charge is 2.28. The van der Waals surface area contributed by atoms with Crippen LogP contribution in [0.25, 0.3) is 11.2 Å². The van der Waals surface area contributed by atoms with Crippen LogP contribution in [0.15, 0.2) is 40.2 Å². The van der Waals surface area contributed by atoms with Crippen LogP contribution in [0.3, 0.4) is 0 Å². The van der Waals surface area contributed by atoms with Crippen LogP contribution in [0.5, 0.6) is 5.75 Å². The fourth-order valence-electron chi connectivity index (χ4n) is 3.22. The summed E-state index contributed by atoms with van der Waals surface area (Å²) in [5.74, 6) is 0.274. The van der Waals surface area contributed by atoms with Gasteiger partial charge in [-0.1, -0.05) is 13.8 Å². The average molecular weight is 385 g/mol. The largest absolute Gasteiger partial charge is 0.497 e. The number of hydrogen-bond donors (Lipinski definition) is 1. The van der Waals surface area contributed by atoms with E-state index in [0.29, 0.717) is 11.4 Å². The molecule has 28 heavy (non-hydrogen) atoms. The molecule has 1 unspecified atom stereocenters. The Labute approximate surface area is 161 Å². The third-order valence-electron chi connectivity index (χ3n) is 4.73. The van der Waals surface area contributed by atoms with Crippen LogP contribution in [0.4, 0.5) is 5.69 Å². The van der Waals surface area contributed by atoms with Crippen LogP contribution < -0.4 is 21.3 Å². The van der Waals surface area contributed by atoms with Crippen molar-refractivity contribution in [2.75, 3.05) is 12.4 Å². The molecule has 2 heterocycles. The van der Waals surface area contributed by atoms with Gasteiger partial charge in [0.15, 0.2) is 11.2 Å². The summed E-state index contributed by atoms with van der Waals surface area (Å²) in [6.45, 7) is 3.77. The number of anilines is 1. The van der Waals surface area contributed by atoms with Gasteiger partial charge in [0, 0.05) is 19.8 Å². The summed E-state index contributed by atoms with van der Waals surface area (Å²) in [4.78, 5) is 42.1. The molecule has 1 amide bonds. The normalized spacial score (nSPS) is 12.4. The van der Waals surface area contributed by atoms with Crippen molar-refractivity contribution in [3.05, 3.63) is 51.4 Å². The van der Waals surface area contributed by atoms with Gasteiger partial charge in [0.1, 0.15) is 11.8 Å². The Balaban J connectivity index is 2.06. The zero-order valence-corrected chi connectivity index (χ0v) is 16.5. The zero-order chi connectivity index (χ0) is 20.6. The highest BCUT2D eigenvalue weighted by Crippen LogP contribution is 2.24. The number of hydrogen-bond acceptors (Lipinski definition) is 5. The molecule has 9 heteroatoms. The lowest BCUT2D eigenvalue weighted by Crippen LogP contribution is -2.39. The number of fused-ring (bicyclic) bond motifs is 1. The van der Waals surface area contributed by atoms with Crippen LogP contribution in [0.1, 0.15) is 19.9 Å². The second-order valence-corrected chi connectivity index (χ2v) is 6.94. The summed E-state index contributed by atoms with van der Waals surface area (Å²) < 4.78 is 8.98. The van der Waals surface area contributed by atoms with Gasteiger partial charge in [-0.25, -0.2) is 9.78 Å². The van der Waals surface area contributed by atoms with Gasteiger partial charge in [0.05, 0.1) is 13.4 Å². The van der Waals surface area contributed by atoms with Crippen molar-refractivity contribution >= 4 is 22.8 Å². The van der Waals surface area contributed by atoms with Gasteiger partial charge in [0.25, 0.3) is 5.56 Å².